The van der Waals surface area contributed by atoms with Gasteiger partial charge in [0.15, 0.2) is 5.96 Å². The second kappa shape index (κ2) is 10.4. The molecule has 0 saturated carbocycles. The summed E-state index contributed by atoms with van der Waals surface area (Å²) in [4.78, 5) is 11.9. The third-order valence-corrected chi connectivity index (χ3v) is 5.61. The number of unbranched alkanes of at least 4 members (excludes halogenated alkanes) is 1. The highest BCUT2D eigenvalue weighted by atomic mass is 16.5. The standard InChI is InChI=1S/C21H35N5O/c1-22-21(23-11-3-4-12-24-13-5-6-14-24)26-17-15-25(16-18-26)19-7-9-20(27-2)10-8-19/h7-10H,3-6,11-18H2,1-2H3,(H,22,23). The second-order valence-electron chi connectivity index (χ2n) is 7.40. The van der Waals surface area contributed by atoms with Crippen molar-refractivity contribution >= 4 is 11.6 Å². The highest BCUT2D eigenvalue weighted by Gasteiger charge is 2.19. The summed E-state index contributed by atoms with van der Waals surface area (Å²) in [7, 11) is 3.60. The molecule has 0 radical (unpaired) electrons. The number of aliphatic imine (C=N–C) groups is 1. The zero-order valence-electron chi connectivity index (χ0n) is 17.0. The Morgan fingerprint density at radius 2 is 1.70 bits per heavy atom. The maximum Gasteiger partial charge on any atom is 0.193 e. The summed E-state index contributed by atoms with van der Waals surface area (Å²) in [6, 6.07) is 8.35. The highest BCUT2D eigenvalue weighted by molar-refractivity contribution is 5.80. The normalized spacial score (nSPS) is 18.8. The molecule has 2 heterocycles. The van der Waals surface area contributed by atoms with E-state index in [9.17, 15) is 0 Å². The van der Waals surface area contributed by atoms with Crippen LogP contribution in [0.25, 0.3) is 0 Å². The third-order valence-electron chi connectivity index (χ3n) is 5.61. The van der Waals surface area contributed by atoms with E-state index in [0.29, 0.717) is 0 Å². The van der Waals surface area contributed by atoms with Gasteiger partial charge in [0, 0.05) is 45.5 Å². The van der Waals surface area contributed by atoms with E-state index in [1.54, 1.807) is 7.11 Å². The van der Waals surface area contributed by atoms with Gasteiger partial charge < -0.3 is 24.8 Å². The Morgan fingerprint density at radius 3 is 2.33 bits per heavy atom. The fourth-order valence-electron chi connectivity index (χ4n) is 3.97. The minimum Gasteiger partial charge on any atom is -0.497 e. The van der Waals surface area contributed by atoms with Crippen molar-refractivity contribution in [2.24, 2.45) is 4.99 Å². The molecule has 0 aliphatic carbocycles. The van der Waals surface area contributed by atoms with E-state index < -0.39 is 0 Å². The summed E-state index contributed by atoms with van der Waals surface area (Å²) in [5, 5.41) is 3.56. The smallest absolute Gasteiger partial charge is 0.193 e. The summed E-state index contributed by atoms with van der Waals surface area (Å²) in [5.74, 6) is 1.96. The number of ether oxygens (including phenoxy) is 1. The van der Waals surface area contributed by atoms with Crippen molar-refractivity contribution in [1.82, 2.24) is 15.1 Å². The Hall–Kier alpha value is -1.95. The van der Waals surface area contributed by atoms with E-state index in [4.69, 9.17) is 4.74 Å². The first-order valence-electron chi connectivity index (χ1n) is 10.4. The first-order valence-corrected chi connectivity index (χ1v) is 10.4. The molecule has 2 fully saturated rings. The molecule has 27 heavy (non-hydrogen) atoms. The molecule has 6 nitrogen and oxygen atoms in total. The second-order valence-corrected chi connectivity index (χ2v) is 7.40. The number of nitrogens with zero attached hydrogens (tertiary/aromatic N) is 4. The quantitative estimate of drug-likeness (QED) is 0.451. The molecule has 2 aliphatic rings. The lowest BCUT2D eigenvalue weighted by atomic mass is 10.2. The van der Waals surface area contributed by atoms with E-state index in [0.717, 1.165) is 44.4 Å². The first-order chi connectivity index (χ1) is 13.3. The van der Waals surface area contributed by atoms with Crippen LogP contribution in [0.3, 0.4) is 0 Å². The van der Waals surface area contributed by atoms with E-state index in [1.165, 1.54) is 51.0 Å². The molecule has 0 spiro atoms. The first kappa shape index (κ1) is 19.8. The van der Waals surface area contributed by atoms with Gasteiger partial charge in [-0.1, -0.05) is 0 Å². The number of anilines is 1. The topological polar surface area (TPSA) is 43.3 Å². The van der Waals surface area contributed by atoms with Crippen LogP contribution >= 0.6 is 0 Å². The van der Waals surface area contributed by atoms with Crippen molar-refractivity contribution in [3.05, 3.63) is 24.3 Å². The molecule has 0 atom stereocenters. The number of guanidine groups is 1. The zero-order chi connectivity index (χ0) is 18.9. The Bertz CT molecular complexity index is 575. The number of likely N-dealkylation sites (tertiary alicyclic amines) is 1. The maximum atomic E-state index is 5.25. The fraction of sp³-hybridized carbons (Fsp3) is 0.667. The number of hydrogen-bond acceptors (Lipinski definition) is 4. The van der Waals surface area contributed by atoms with Crippen molar-refractivity contribution in [3.8, 4) is 5.75 Å². The van der Waals surface area contributed by atoms with Gasteiger partial charge in [0.1, 0.15) is 5.75 Å². The largest absolute Gasteiger partial charge is 0.497 e. The molecule has 150 valence electrons. The monoisotopic (exact) mass is 373 g/mol. The van der Waals surface area contributed by atoms with Crippen LogP contribution < -0.4 is 15.0 Å². The van der Waals surface area contributed by atoms with Gasteiger partial charge in [-0.05, 0) is 69.6 Å². The summed E-state index contributed by atoms with van der Waals surface area (Å²) in [6.07, 6.45) is 5.25. The van der Waals surface area contributed by atoms with Crippen LogP contribution in [-0.4, -0.2) is 82.3 Å². The van der Waals surface area contributed by atoms with Crippen LogP contribution in [0, 0.1) is 0 Å². The van der Waals surface area contributed by atoms with Crippen molar-refractivity contribution in [2.75, 3.05) is 71.4 Å². The van der Waals surface area contributed by atoms with Gasteiger partial charge in [0.05, 0.1) is 7.11 Å². The van der Waals surface area contributed by atoms with E-state index in [-0.39, 0.29) is 0 Å². The maximum absolute atomic E-state index is 5.25. The molecule has 1 aromatic rings. The Labute approximate surface area is 164 Å². The van der Waals surface area contributed by atoms with Gasteiger partial charge >= 0.3 is 0 Å². The van der Waals surface area contributed by atoms with Crippen molar-refractivity contribution < 1.29 is 4.74 Å². The van der Waals surface area contributed by atoms with Crippen LogP contribution in [0.5, 0.6) is 5.75 Å². The summed E-state index contributed by atoms with van der Waals surface area (Å²) >= 11 is 0. The van der Waals surface area contributed by atoms with Crippen LogP contribution in [-0.2, 0) is 0 Å². The molecular weight excluding hydrogens is 338 g/mol. The van der Waals surface area contributed by atoms with Crippen molar-refractivity contribution in [1.29, 1.82) is 0 Å². The van der Waals surface area contributed by atoms with Crippen LogP contribution in [0.4, 0.5) is 5.69 Å². The molecule has 1 N–H and O–H groups in total. The van der Waals surface area contributed by atoms with E-state index in [2.05, 4.69) is 37.1 Å². The predicted octanol–water partition coefficient (Wildman–Crippen LogP) is 2.27. The lowest BCUT2D eigenvalue weighted by Crippen LogP contribution is -2.52. The molecule has 6 heteroatoms. The minimum atomic E-state index is 0.909. The lowest BCUT2D eigenvalue weighted by Gasteiger charge is -2.37. The van der Waals surface area contributed by atoms with Gasteiger partial charge in [-0.3, -0.25) is 4.99 Å². The molecular formula is C21H35N5O. The van der Waals surface area contributed by atoms with Gasteiger partial charge in [0.25, 0.3) is 0 Å². The van der Waals surface area contributed by atoms with Gasteiger partial charge in [-0.15, -0.1) is 0 Å². The summed E-state index contributed by atoms with van der Waals surface area (Å²) < 4.78 is 5.25. The summed E-state index contributed by atoms with van der Waals surface area (Å²) in [5.41, 5.74) is 1.26. The van der Waals surface area contributed by atoms with Crippen LogP contribution in [0.2, 0.25) is 0 Å². The number of methoxy groups -OCH3 is 1. The molecule has 0 unspecified atom stereocenters. The number of nitrogens with one attached hydrogen (secondary N) is 1. The molecule has 2 aliphatic heterocycles. The SMILES string of the molecule is CN=C(NCCCCN1CCCC1)N1CCN(c2ccc(OC)cc2)CC1. The number of piperazine rings is 1. The molecule has 2 saturated heterocycles. The zero-order valence-corrected chi connectivity index (χ0v) is 17.0. The molecule has 0 aromatic heterocycles. The van der Waals surface area contributed by atoms with Gasteiger partial charge in [0.2, 0.25) is 0 Å². The Kier molecular flexibility index (Phi) is 7.63. The molecule has 0 amide bonds. The average molecular weight is 374 g/mol. The number of hydrogen-bond donors (Lipinski definition) is 1. The fourth-order valence-corrected chi connectivity index (χ4v) is 3.97. The third kappa shape index (κ3) is 5.76. The van der Waals surface area contributed by atoms with E-state index >= 15 is 0 Å². The molecule has 0 bridgehead atoms. The van der Waals surface area contributed by atoms with E-state index in [1.807, 2.05) is 19.2 Å². The Morgan fingerprint density at radius 1 is 1.00 bits per heavy atom. The van der Waals surface area contributed by atoms with Gasteiger partial charge in [-0.2, -0.15) is 0 Å². The van der Waals surface area contributed by atoms with Gasteiger partial charge in [-0.25, -0.2) is 0 Å². The van der Waals surface area contributed by atoms with Crippen LogP contribution in [0.1, 0.15) is 25.7 Å². The van der Waals surface area contributed by atoms with Crippen molar-refractivity contribution in [2.45, 2.75) is 25.7 Å². The number of rotatable bonds is 7. The highest BCUT2D eigenvalue weighted by Crippen LogP contribution is 2.20. The predicted molar refractivity (Wildman–Crippen MR) is 113 cm³/mol. The van der Waals surface area contributed by atoms with Crippen LogP contribution in [0.15, 0.2) is 29.3 Å². The average Bonchev–Trinajstić information content (AvgIpc) is 3.24. The number of benzene rings is 1. The minimum absolute atomic E-state index is 0.909. The Balaban J connectivity index is 1.36. The summed E-state index contributed by atoms with van der Waals surface area (Å²) in [6.45, 7) is 8.89. The molecule has 1 aromatic carbocycles. The molecule has 3 rings (SSSR count). The van der Waals surface area contributed by atoms with Crippen molar-refractivity contribution in [3.63, 3.8) is 0 Å². The lowest BCUT2D eigenvalue weighted by molar-refractivity contribution is 0.329.